The molecule has 0 radical (unpaired) electrons. The number of aromatic nitrogens is 4. The van der Waals surface area contributed by atoms with E-state index in [0.717, 1.165) is 29.4 Å². The highest BCUT2D eigenvalue weighted by Gasteiger charge is 2.54. The third kappa shape index (κ3) is 17.0. The Kier molecular flexibility index (Phi) is 22.8. The molecular weight excluding hydrogens is 1110 g/mol. The van der Waals surface area contributed by atoms with E-state index in [1.807, 2.05) is 94.6 Å². The highest BCUT2D eigenvalue weighted by Crippen LogP contribution is 2.44. The predicted molar refractivity (Wildman–Crippen MR) is 321 cm³/mol. The SMILES string of the molecule is CN[C@H]1CC[C@H](O[C@H]2/C=C\C=C/C[C@@H](C)OC(=O)C[C@H]3OC(O[Si](C)(C)C(C)(C)C)C[C@@H](C[C@H]2C)[C@H](O[C@@H]2O[C@H](C)[C@@H](O[C@H]4C[C@@](C)(O)[C@@H](OC(=O)CCCc5cn(-c6cnc7ccccc7c6)nn5)[C@H](C)O4)[C@H](N(C)C)[C@H]2O)[C@H]3OC)O[C@@H]1C. The molecule has 2 aromatic heterocycles. The number of aryl methyl sites for hydroxylation is 1. The van der Waals surface area contributed by atoms with Crippen LogP contribution in [0.3, 0.4) is 0 Å². The van der Waals surface area contributed by atoms with Gasteiger partial charge in [-0.3, -0.25) is 14.6 Å². The smallest absolute Gasteiger partial charge is 0.308 e. The van der Waals surface area contributed by atoms with Crippen molar-refractivity contribution < 1.29 is 71.6 Å². The van der Waals surface area contributed by atoms with Crippen LogP contribution in [-0.4, -0.2) is 194 Å². The summed E-state index contributed by atoms with van der Waals surface area (Å²) in [6.45, 7) is 22.2. The molecule has 20 atom stereocenters. The molecule has 85 heavy (non-hydrogen) atoms. The van der Waals surface area contributed by atoms with Gasteiger partial charge < -0.3 is 72.2 Å². The van der Waals surface area contributed by atoms with E-state index in [2.05, 4.69) is 74.4 Å². The second-order valence-corrected chi connectivity index (χ2v) is 31.0. The van der Waals surface area contributed by atoms with Gasteiger partial charge in [-0.25, -0.2) is 4.68 Å². The van der Waals surface area contributed by atoms with Gasteiger partial charge in [-0.2, -0.15) is 0 Å². The zero-order valence-electron chi connectivity index (χ0n) is 52.8. The molecule has 5 aliphatic rings. The lowest BCUT2D eigenvalue weighted by molar-refractivity contribution is -0.343. The molecule has 474 valence electrons. The number of nitrogens with one attached hydrogen (secondary N) is 1. The number of hydrogen-bond acceptors (Lipinski definition) is 20. The van der Waals surface area contributed by atoms with Crippen molar-refractivity contribution in [3.63, 3.8) is 0 Å². The maximum atomic E-state index is 14.0. The summed E-state index contributed by atoms with van der Waals surface area (Å²) in [4.78, 5) is 33.8. The lowest BCUT2D eigenvalue weighted by Crippen LogP contribution is -2.65. The van der Waals surface area contributed by atoms with E-state index < -0.39 is 112 Å². The van der Waals surface area contributed by atoms with E-state index in [1.165, 1.54) is 0 Å². The van der Waals surface area contributed by atoms with Gasteiger partial charge in [0.1, 0.15) is 36.3 Å². The van der Waals surface area contributed by atoms with Crippen molar-refractivity contribution in [3.05, 3.63) is 72.7 Å². The van der Waals surface area contributed by atoms with Gasteiger partial charge in [-0.05, 0) is 130 Å². The van der Waals surface area contributed by atoms with Crippen LogP contribution in [0.2, 0.25) is 18.1 Å². The summed E-state index contributed by atoms with van der Waals surface area (Å²) in [6, 6.07) is 9.34. The molecule has 1 aromatic carbocycles. The number of pyridine rings is 1. The second-order valence-electron chi connectivity index (χ2n) is 26.3. The number of methoxy groups -OCH3 is 1. The van der Waals surface area contributed by atoms with Crippen LogP contribution >= 0.6 is 0 Å². The first-order valence-electron chi connectivity index (χ1n) is 30.8. The monoisotopic (exact) mass is 1210 g/mol. The summed E-state index contributed by atoms with van der Waals surface area (Å²) in [7, 11) is 4.73. The molecule has 21 nitrogen and oxygen atoms in total. The minimum absolute atomic E-state index is 0.0435. The van der Waals surface area contributed by atoms with Crippen molar-refractivity contribution in [2.24, 2.45) is 11.8 Å². The maximum Gasteiger partial charge on any atom is 0.308 e. The van der Waals surface area contributed by atoms with E-state index in [0.29, 0.717) is 37.8 Å². The second kappa shape index (κ2) is 29.0. The summed E-state index contributed by atoms with van der Waals surface area (Å²) < 4.78 is 74.7. The molecule has 22 heteroatoms. The predicted octanol–water partition coefficient (Wildman–Crippen LogP) is 7.87. The zero-order chi connectivity index (χ0) is 61.5. The number of allylic oxidation sites excluding steroid dienone is 2. The molecule has 8 rings (SSSR count). The van der Waals surface area contributed by atoms with Gasteiger partial charge in [0.2, 0.25) is 0 Å². The average Bonchev–Trinajstić information content (AvgIpc) is 4.03. The molecule has 4 fully saturated rings. The van der Waals surface area contributed by atoms with Crippen LogP contribution in [-0.2, 0) is 67.8 Å². The van der Waals surface area contributed by atoms with Crippen molar-refractivity contribution >= 4 is 31.2 Å². The third-order valence-electron chi connectivity index (χ3n) is 18.2. The molecular formula is C63H98N6O15Si. The summed E-state index contributed by atoms with van der Waals surface area (Å²) >= 11 is 0. The van der Waals surface area contributed by atoms with Crippen LogP contribution in [0.4, 0.5) is 0 Å². The normalized spacial score (nSPS) is 37.3. The zero-order valence-corrected chi connectivity index (χ0v) is 53.8. The Bertz CT molecular complexity index is 2700. The Labute approximate surface area is 504 Å². The Morgan fingerprint density at radius 3 is 2.39 bits per heavy atom. The summed E-state index contributed by atoms with van der Waals surface area (Å²) in [5.41, 5.74) is 0.826. The van der Waals surface area contributed by atoms with Gasteiger partial charge in [0.15, 0.2) is 33.3 Å². The molecule has 7 heterocycles. The van der Waals surface area contributed by atoms with E-state index in [9.17, 15) is 19.8 Å². The largest absolute Gasteiger partial charge is 0.462 e. The summed E-state index contributed by atoms with van der Waals surface area (Å²) in [6.07, 6.45) is 4.03. The van der Waals surface area contributed by atoms with Crippen molar-refractivity contribution in [1.29, 1.82) is 0 Å². The van der Waals surface area contributed by atoms with Crippen molar-refractivity contribution in [2.45, 2.75) is 255 Å². The molecule has 0 spiro atoms. The number of likely N-dealkylation sites (N-methyl/N-ethyl adjacent to an activating group) is 2. The topological polar surface area (TPSA) is 235 Å². The highest BCUT2D eigenvalue weighted by molar-refractivity contribution is 6.74. The molecule has 0 aliphatic carbocycles. The fourth-order valence-corrected chi connectivity index (χ4v) is 13.6. The van der Waals surface area contributed by atoms with Crippen molar-refractivity contribution in [3.8, 4) is 5.69 Å². The van der Waals surface area contributed by atoms with E-state index in [-0.39, 0.29) is 54.4 Å². The van der Waals surface area contributed by atoms with Crippen LogP contribution in [0, 0.1) is 11.8 Å². The van der Waals surface area contributed by atoms with E-state index in [1.54, 1.807) is 31.8 Å². The number of fused-ring (bicyclic) bond motifs is 4. The molecule has 1 unspecified atom stereocenters. The number of para-hydroxylation sites is 1. The molecule has 3 N–H and O–H groups in total. The van der Waals surface area contributed by atoms with Gasteiger partial charge in [0, 0.05) is 44.2 Å². The number of rotatable bonds is 17. The Morgan fingerprint density at radius 2 is 1.68 bits per heavy atom. The fourth-order valence-electron chi connectivity index (χ4n) is 12.4. The van der Waals surface area contributed by atoms with E-state index >= 15 is 0 Å². The highest BCUT2D eigenvalue weighted by atomic mass is 28.4. The number of cyclic esters (lactones) is 1. The lowest BCUT2D eigenvalue weighted by Gasteiger charge is -2.50. The number of nitrogens with zero attached hydrogens (tertiary/aromatic N) is 5. The number of aliphatic hydroxyl groups is 2. The minimum Gasteiger partial charge on any atom is -0.462 e. The Balaban J connectivity index is 0.978. The number of carbonyl (C=O) groups excluding carboxylic acids is 2. The van der Waals surface area contributed by atoms with Gasteiger partial charge in [0.25, 0.3) is 0 Å². The quantitative estimate of drug-likeness (QED) is 0.0861. The number of aliphatic hydroxyl groups excluding tert-OH is 1. The van der Waals surface area contributed by atoms with Crippen molar-refractivity contribution in [1.82, 2.24) is 30.2 Å². The molecule has 0 amide bonds. The average molecular weight is 1210 g/mol. The number of carbonyl (C=O) groups is 2. The number of benzene rings is 1. The minimum atomic E-state index is -2.50. The molecule has 5 aliphatic heterocycles. The van der Waals surface area contributed by atoms with Gasteiger partial charge in [-0.15, -0.1) is 5.10 Å². The number of ether oxygens (including phenoxy) is 10. The fraction of sp³-hybridized carbons (Fsp3) is 0.730. The number of esters is 2. The third-order valence-corrected chi connectivity index (χ3v) is 22.6. The van der Waals surface area contributed by atoms with Crippen molar-refractivity contribution in [2.75, 3.05) is 28.3 Å². The van der Waals surface area contributed by atoms with Gasteiger partial charge in [-0.1, -0.05) is 75.4 Å². The maximum absolute atomic E-state index is 14.0. The van der Waals surface area contributed by atoms with Crippen LogP contribution in [0.25, 0.3) is 16.6 Å². The first-order chi connectivity index (χ1) is 40.2. The summed E-state index contributed by atoms with van der Waals surface area (Å²) in [5.74, 6) is -1.42. The molecule has 3 aromatic rings. The Hall–Kier alpha value is -4.11. The van der Waals surface area contributed by atoms with Crippen LogP contribution in [0.5, 0.6) is 0 Å². The molecule has 4 saturated heterocycles. The van der Waals surface area contributed by atoms with Gasteiger partial charge in [0.05, 0.1) is 78.4 Å². The molecule has 0 saturated carbocycles. The van der Waals surface area contributed by atoms with Crippen LogP contribution in [0.15, 0.2) is 67.0 Å². The summed E-state index contributed by atoms with van der Waals surface area (Å²) in [5, 5.41) is 37.4. The number of hydrogen-bond donors (Lipinski definition) is 3. The van der Waals surface area contributed by atoms with E-state index in [4.69, 9.17) is 51.8 Å². The van der Waals surface area contributed by atoms with Crippen LogP contribution in [0.1, 0.15) is 126 Å². The standard InChI is InChI=1S/C63H98N6O15Si/c1-37-30-43-32-53(84-85(14,15)62(6,7)8)80-49(33-51(71)75-38(2)22-17-16-18-26-48(37)79-52-29-28-46(64-10)39(3)76-52)59(74-13)58(43)83-61-56(72)55(68(11)12)57(40(4)78-61)82-54-34-63(9,73)60(41(5)77-54)81-50(70)27-21-24-44-36-69(67-66-44)45-31-42-23-19-20-25-47(42)65-35-45/h16-20,23,25-26,31,35-41,43,46,48-49,52-61,64,72-73H,21-22,24,27-30,32-34H2,1-15H3/b17-16-,26-18-/t37-,38-,39-,40-,41+,43-,46+,48+,49-,52+,53?,54+,55-,56-,57-,58+,59+,60+,61+,63-/m1/s1. The first kappa shape index (κ1) is 66.8. The van der Waals surface area contributed by atoms with Gasteiger partial charge >= 0.3 is 11.9 Å². The lowest BCUT2D eigenvalue weighted by atomic mass is 9.82. The first-order valence-corrected chi connectivity index (χ1v) is 33.7. The molecule has 2 bridgehead atoms. The Morgan fingerprint density at radius 1 is 0.929 bits per heavy atom. The van der Waals surface area contributed by atoms with Crippen LogP contribution < -0.4 is 5.32 Å².